The summed E-state index contributed by atoms with van der Waals surface area (Å²) in [6.45, 7) is 14.5. The van der Waals surface area contributed by atoms with Crippen molar-refractivity contribution in [3.63, 3.8) is 0 Å². The summed E-state index contributed by atoms with van der Waals surface area (Å²) in [4.78, 5) is 0. The number of aryl methyl sites for hydroxylation is 3. The molecule has 0 saturated heterocycles. The molecule has 0 amide bonds. The van der Waals surface area contributed by atoms with Gasteiger partial charge in [0.1, 0.15) is 19.2 Å². The summed E-state index contributed by atoms with van der Waals surface area (Å²) in [6.07, 6.45) is 3.89. The lowest BCUT2D eigenvalue weighted by Crippen LogP contribution is -2.34. The highest BCUT2D eigenvalue weighted by Gasteiger charge is 2.36. The van der Waals surface area contributed by atoms with Crippen molar-refractivity contribution in [2.75, 3.05) is 0 Å². The lowest BCUT2D eigenvalue weighted by atomic mass is 9.75. The zero-order chi connectivity index (χ0) is 22.0. The van der Waals surface area contributed by atoms with Crippen molar-refractivity contribution in [1.82, 2.24) is 0 Å². The molecule has 0 fully saturated rings. The van der Waals surface area contributed by atoms with Gasteiger partial charge in [-0.25, -0.2) is 0 Å². The van der Waals surface area contributed by atoms with Crippen molar-refractivity contribution in [3.05, 3.63) is 80.9 Å². The van der Waals surface area contributed by atoms with E-state index in [1.807, 2.05) is 56.3 Å². The van der Waals surface area contributed by atoms with Crippen LogP contribution >= 0.6 is 0 Å². The molecule has 1 aliphatic heterocycles. The van der Waals surface area contributed by atoms with E-state index in [2.05, 4.69) is 34.6 Å². The fourth-order valence-electron chi connectivity index (χ4n) is 4.94. The smallest absolute Gasteiger partial charge is 0.137 e. The molecular formula is C27H29BO2. The van der Waals surface area contributed by atoms with E-state index in [0.717, 1.165) is 38.8 Å². The maximum Gasteiger partial charge on any atom is 0.137 e. The minimum Gasteiger partial charge on any atom is -0.492 e. The van der Waals surface area contributed by atoms with E-state index in [9.17, 15) is 5.11 Å². The van der Waals surface area contributed by atoms with Gasteiger partial charge in [0.15, 0.2) is 0 Å². The number of hydrogen-bond donors (Lipinski definition) is 1. The molecular weight excluding hydrogens is 367 g/mol. The lowest BCUT2D eigenvalue weighted by molar-refractivity contribution is 0.101. The Labute approximate surface area is 181 Å². The first-order valence-electron chi connectivity index (χ1n) is 10.5. The molecule has 0 spiro atoms. The molecule has 2 nitrogen and oxygen atoms in total. The Hall–Kier alpha value is -2.52. The molecule has 0 bridgehead atoms. The van der Waals surface area contributed by atoms with Gasteiger partial charge in [0.2, 0.25) is 0 Å². The predicted molar refractivity (Wildman–Crippen MR) is 127 cm³/mol. The average molecular weight is 396 g/mol. The number of fused-ring (bicyclic) bond motifs is 3. The number of rotatable bonds is 2. The van der Waals surface area contributed by atoms with Crippen LogP contribution in [-0.4, -0.2) is 18.5 Å². The zero-order valence-corrected chi connectivity index (χ0v) is 19.0. The number of ether oxygens (including phenoxy) is 1. The summed E-state index contributed by atoms with van der Waals surface area (Å²) in [5.74, 6) is 0.762. The third kappa shape index (κ3) is 2.91. The highest BCUT2D eigenvalue weighted by atomic mass is 16.5. The molecule has 2 radical (unpaired) electrons. The third-order valence-electron chi connectivity index (χ3n) is 6.90. The van der Waals surface area contributed by atoms with Gasteiger partial charge in [-0.1, -0.05) is 42.5 Å². The molecule has 3 heteroatoms. The van der Waals surface area contributed by atoms with E-state index in [1.165, 1.54) is 22.3 Å². The molecule has 2 unspecified atom stereocenters. The monoisotopic (exact) mass is 396 g/mol. The first kappa shape index (κ1) is 20.7. The van der Waals surface area contributed by atoms with Crippen LogP contribution < -0.4 is 4.74 Å². The number of aliphatic hydroxyl groups is 1. The maximum atomic E-state index is 11.8. The molecule has 1 heterocycles. The van der Waals surface area contributed by atoms with Crippen LogP contribution in [0.2, 0.25) is 0 Å². The number of benzene rings is 3. The van der Waals surface area contributed by atoms with Gasteiger partial charge in [0.05, 0.1) is 5.50 Å². The van der Waals surface area contributed by atoms with Crippen LogP contribution in [0.3, 0.4) is 0 Å². The van der Waals surface area contributed by atoms with Crippen LogP contribution in [0.25, 0.3) is 16.8 Å². The van der Waals surface area contributed by atoms with Gasteiger partial charge in [-0.05, 0) is 87.2 Å². The topological polar surface area (TPSA) is 29.5 Å². The second-order valence-electron chi connectivity index (χ2n) is 9.05. The van der Waals surface area contributed by atoms with Crippen LogP contribution in [-0.2, 0) is 5.60 Å². The summed E-state index contributed by atoms with van der Waals surface area (Å²) >= 11 is 0. The summed E-state index contributed by atoms with van der Waals surface area (Å²) < 4.78 is 6.37. The molecule has 0 aliphatic carbocycles. The van der Waals surface area contributed by atoms with Crippen molar-refractivity contribution in [2.24, 2.45) is 0 Å². The first-order chi connectivity index (χ1) is 14.0. The summed E-state index contributed by atoms with van der Waals surface area (Å²) in [5, 5.41) is 14.1. The molecule has 30 heavy (non-hydrogen) atoms. The normalized spacial score (nSPS) is 20.0. The zero-order valence-electron chi connectivity index (χ0n) is 19.0. The van der Waals surface area contributed by atoms with E-state index in [1.54, 1.807) is 0 Å². The van der Waals surface area contributed by atoms with Crippen LogP contribution in [0.1, 0.15) is 58.4 Å². The fraction of sp³-hybridized carbons (Fsp3) is 0.333. The lowest BCUT2D eigenvalue weighted by Gasteiger charge is -2.36. The Bertz CT molecular complexity index is 1200. The van der Waals surface area contributed by atoms with E-state index in [-0.39, 0.29) is 0 Å². The maximum absolute atomic E-state index is 11.8. The summed E-state index contributed by atoms with van der Waals surface area (Å²) in [6, 6.07) is 9.81. The van der Waals surface area contributed by atoms with Crippen molar-refractivity contribution < 1.29 is 9.84 Å². The highest BCUT2D eigenvalue weighted by Crippen LogP contribution is 2.49. The molecule has 0 aromatic heterocycles. The molecule has 3 aromatic carbocycles. The van der Waals surface area contributed by atoms with Gasteiger partial charge in [0.25, 0.3) is 0 Å². The Balaban J connectivity index is 2.22. The number of hydrogen-bond acceptors (Lipinski definition) is 2. The Morgan fingerprint density at radius 1 is 0.867 bits per heavy atom. The predicted octanol–water partition coefficient (Wildman–Crippen LogP) is 5.93. The minimum atomic E-state index is -1.18. The van der Waals surface area contributed by atoms with Crippen molar-refractivity contribution in [1.29, 1.82) is 0 Å². The third-order valence-corrected chi connectivity index (χ3v) is 6.90. The molecule has 4 rings (SSSR count). The molecule has 152 valence electrons. The van der Waals surface area contributed by atoms with Crippen LogP contribution in [0, 0.1) is 34.6 Å². The molecule has 2 atom stereocenters. The standard InChI is InChI=1S/C27H29BO2/c1-15-16(2)18(4)23-22(17(15)3)19(5)24(21-13-14-26(6,28)30-25(21)23)27(7,29)20-11-9-8-10-12-20/h8-14,29H,1-7H3. The largest absolute Gasteiger partial charge is 0.492 e. The van der Waals surface area contributed by atoms with Crippen molar-refractivity contribution in [2.45, 2.75) is 59.6 Å². The van der Waals surface area contributed by atoms with E-state index >= 15 is 0 Å². The van der Waals surface area contributed by atoms with Crippen LogP contribution in [0.5, 0.6) is 5.75 Å². The van der Waals surface area contributed by atoms with Crippen LogP contribution in [0.15, 0.2) is 36.4 Å². The van der Waals surface area contributed by atoms with E-state index in [0.29, 0.717) is 0 Å². The Kier molecular flexibility index (Phi) is 4.67. The summed E-state index contributed by atoms with van der Waals surface area (Å²) in [7, 11) is 6.38. The van der Waals surface area contributed by atoms with Gasteiger partial charge < -0.3 is 9.84 Å². The Morgan fingerprint density at radius 2 is 1.43 bits per heavy atom. The van der Waals surface area contributed by atoms with Gasteiger partial charge in [0, 0.05) is 16.5 Å². The highest BCUT2D eigenvalue weighted by molar-refractivity contribution is 6.17. The molecule has 3 aromatic rings. The van der Waals surface area contributed by atoms with Crippen LogP contribution in [0.4, 0.5) is 0 Å². The van der Waals surface area contributed by atoms with Gasteiger partial charge >= 0.3 is 0 Å². The van der Waals surface area contributed by atoms with E-state index in [4.69, 9.17) is 12.6 Å². The van der Waals surface area contributed by atoms with Crippen molar-refractivity contribution in [3.8, 4) is 5.75 Å². The SMILES string of the molecule is [B]C1(C)C=Cc2c(C(C)(O)c3ccccc3)c(C)c3c(C)c(C)c(C)c(C)c3c2O1. The molecule has 1 aliphatic rings. The van der Waals surface area contributed by atoms with Gasteiger partial charge in [-0.3, -0.25) is 0 Å². The van der Waals surface area contributed by atoms with Crippen molar-refractivity contribution >= 4 is 24.7 Å². The second-order valence-corrected chi connectivity index (χ2v) is 9.05. The summed E-state index contributed by atoms with van der Waals surface area (Å²) in [5.41, 5.74) is 6.58. The van der Waals surface area contributed by atoms with Gasteiger partial charge in [-0.15, -0.1) is 0 Å². The second kappa shape index (κ2) is 6.75. The fourth-order valence-corrected chi connectivity index (χ4v) is 4.94. The van der Waals surface area contributed by atoms with E-state index < -0.39 is 11.1 Å². The Morgan fingerprint density at radius 3 is 2.03 bits per heavy atom. The molecule has 1 N–H and O–H groups in total. The quantitative estimate of drug-likeness (QED) is 0.544. The minimum absolute atomic E-state index is 0.762. The van der Waals surface area contributed by atoms with Gasteiger partial charge in [-0.2, -0.15) is 0 Å². The average Bonchev–Trinajstić information content (AvgIpc) is 2.70. The first-order valence-corrected chi connectivity index (χ1v) is 10.5. The molecule has 0 saturated carbocycles.